The van der Waals surface area contributed by atoms with Crippen molar-refractivity contribution >= 4 is 27.3 Å². The number of halogens is 1. The first kappa shape index (κ1) is 15.5. The summed E-state index contributed by atoms with van der Waals surface area (Å²) in [5.41, 5.74) is 1.27. The fourth-order valence-corrected chi connectivity index (χ4v) is 3.92. The molecule has 0 fully saturated rings. The third-order valence-electron chi connectivity index (χ3n) is 3.23. The largest absolute Gasteiger partial charge is 0.494 e. The third-order valence-corrected chi connectivity index (χ3v) is 5.28. The molecule has 0 aliphatic heterocycles. The molecule has 1 N–H and O–H groups in total. The molecular weight excluding hydrogens is 334 g/mol. The highest BCUT2D eigenvalue weighted by atomic mass is 79.9. The highest BCUT2D eigenvalue weighted by Gasteiger charge is 2.14. The van der Waals surface area contributed by atoms with Crippen LogP contribution in [0, 0.1) is 0 Å². The summed E-state index contributed by atoms with van der Waals surface area (Å²) in [6.45, 7) is 7.09. The zero-order valence-corrected chi connectivity index (χ0v) is 14.4. The molecule has 2 aromatic rings. The van der Waals surface area contributed by atoms with Crippen molar-refractivity contribution in [2.75, 3.05) is 6.61 Å². The molecule has 20 heavy (non-hydrogen) atoms. The van der Waals surface area contributed by atoms with Crippen molar-refractivity contribution in [1.82, 2.24) is 5.32 Å². The quantitative estimate of drug-likeness (QED) is 0.758. The van der Waals surface area contributed by atoms with Gasteiger partial charge in [0.2, 0.25) is 0 Å². The van der Waals surface area contributed by atoms with E-state index < -0.39 is 0 Å². The van der Waals surface area contributed by atoms with Crippen LogP contribution in [0.3, 0.4) is 0 Å². The summed E-state index contributed by atoms with van der Waals surface area (Å²) in [6.07, 6.45) is 0. The molecule has 2 atom stereocenters. The number of rotatable bonds is 6. The third kappa shape index (κ3) is 3.84. The summed E-state index contributed by atoms with van der Waals surface area (Å²) in [6, 6.07) is 11.0. The van der Waals surface area contributed by atoms with E-state index in [1.54, 1.807) is 11.3 Å². The number of ether oxygens (including phenoxy) is 1. The lowest BCUT2D eigenvalue weighted by molar-refractivity contribution is 0.340. The zero-order chi connectivity index (χ0) is 14.5. The highest BCUT2D eigenvalue weighted by Crippen LogP contribution is 2.30. The first-order chi connectivity index (χ1) is 9.61. The minimum atomic E-state index is 0.301. The van der Waals surface area contributed by atoms with Crippen LogP contribution < -0.4 is 10.1 Å². The van der Waals surface area contributed by atoms with Gasteiger partial charge in [-0.25, -0.2) is 0 Å². The Bertz CT molecular complexity index is 538. The van der Waals surface area contributed by atoms with Gasteiger partial charge in [0.15, 0.2) is 0 Å². The van der Waals surface area contributed by atoms with E-state index in [4.69, 9.17) is 4.74 Å². The maximum atomic E-state index is 5.47. The van der Waals surface area contributed by atoms with Gasteiger partial charge in [0, 0.05) is 21.4 Å². The molecular formula is C16H20BrNOS. The van der Waals surface area contributed by atoms with Crippen LogP contribution in [0.4, 0.5) is 0 Å². The normalized spacial score (nSPS) is 14.0. The molecule has 1 aromatic carbocycles. The fourth-order valence-electron chi connectivity index (χ4n) is 2.18. The first-order valence-corrected chi connectivity index (χ1v) is 8.50. The van der Waals surface area contributed by atoms with Gasteiger partial charge < -0.3 is 10.1 Å². The molecule has 0 saturated heterocycles. The second-order valence-electron chi connectivity index (χ2n) is 4.74. The van der Waals surface area contributed by atoms with Crippen molar-refractivity contribution < 1.29 is 4.74 Å². The molecule has 4 heteroatoms. The molecule has 2 nitrogen and oxygen atoms in total. The van der Waals surface area contributed by atoms with E-state index in [0.717, 1.165) is 5.75 Å². The monoisotopic (exact) mass is 353 g/mol. The molecule has 2 unspecified atom stereocenters. The number of hydrogen-bond acceptors (Lipinski definition) is 3. The molecule has 1 heterocycles. The van der Waals surface area contributed by atoms with E-state index in [2.05, 4.69) is 58.7 Å². The molecule has 0 bridgehead atoms. The number of nitrogens with one attached hydrogen (secondary N) is 1. The van der Waals surface area contributed by atoms with E-state index in [-0.39, 0.29) is 0 Å². The highest BCUT2D eigenvalue weighted by molar-refractivity contribution is 9.10. The van der Waals surface area contributed by atoms with E-state index in [0.29, 0.717) is 18.7 Å². The molecule has 0 radical (unpaired) electrons. The Morgan fingerprint density at radius 3 is 2.40 bits per heavy atom. The van der Waals surface area contributed by atoms with E-state index >= 15 is 0 Å². The van der Waals surface area contributed by atoms with Gasteiger partial charge in [-0.3, -0.25) is 0 Å². The predicted molar refractivity (Wildman–Crippen MR) is 89.6 cm³/mol. The summed E-state index contributed by atoms with van der Waals surface area (Å²) in [5.74, 6) is 0.928. The second kappa shape index (κ2) is 7.25. The van der Waals surface area contributed by atoms with Gasteiger partial charge in [-0.15, -0.1) is 11.3 Å². The van der Waals surface area contributed by atoms with Crippen LogP contribution in [0.5, 0.6) is 5.75 Å². The van der Waals surface area contributed by atoms with Crippen LogP contribution in [0.2, 0.25) is 0 Å². The summed E-state index contributed by atoms with van der Waals surface area (Å²) in [5, 5.41) is 5.74. The molecule has 0 spiro atoms. The Hall–Kier alpha value is -0.840. The van der Waals surface area contributed by atoms with Crippen molar-refractivity contribution in [3.8, 4) is 5.75 Å². The lowest BCUT2D eigenvalue weighted by atomic mass is 10.1. The Morgan fingerprint density at radius 1 is 1.15 bits per heavy atom. The van der Waals surface area contributed by atoms with Gasteiger partial charge in [-0.2, -0.15) is 0 Å². The summed E-state index contributed by atoms with van der Waals surface area (Å²) in [4.78, 5) is 1.34. The van der Waals surface area contributed by atoms with Crippen LogP contribution in [0.15, 0.2) is 40.2 Å². The summed E-state index contributed by atoms with van der Waals surface area (Å²) < 4.78 is 6.65. The number of benzene rings is 1. The Labute approximate surface area is 133 Å². The van der Waals surface area contributed by atoms with Gasteiger partial charge in [-0.1, -0.05) is 12.1 Å². The topological polar surface area (TPSA) is 21.3 Å². The molecule has 1 aromatic heterocycles. The lowest BCUT2D eigenvalue weighted by Crippen LogP contribution is -2.22. The van der Waals surface area contributed by atoms with Gasteiger partial charge in [-0.05, 0) is 65.8 Å². The first-order valence-electron chi connectivity index (χ1n) is 6.83. The fraction of sp³-hybridized carbons (Fsp3) is 0.375. The lowest BCUT2D eigenvalue weighted by Gasteiger charge is -2.20. The van der Waals surface area contributed by atoms with Crippen molar-refractivity contribution in [3.05, 3.63) is 50.6 Å². The summed E-state index contributed by atoms with van der Waals surface area (Å²) >= 11 is 5.37. The van der Waals surface area contributed by atoms with Crippen molar-refractivity contribution in [2.45, 2.75) is 32.9 Å². The molecule has 0 aliphatic carbocycles. The van der Waals surface area contributed by atoms with E-state index in [1.807, 2.05) is 19.1 Å². The van der Waals surface area contributed by atoms with Gasteiger partial charge >= 0.3 is 0 Å². The smallest absolute Gasteiger partial charge is 0.119 e. The average Bonchev–Trinajstić information content (AvgIpc) is 2.86. The molecule has 0 aliphatic rings. The van der Waals surface area contributed by atoms with Crippen LogP contribution in [-0.2, 0) is 0 Å². The van der Waals surface area contributed by atoms with Gasteiger partial charge in [0.25, 0.3) is 0 Å². The minimum absolute atomic E-state index is 0.301. The Morgan fingerprint density at radius 2 is 1.85 bits per heavy atom. The van der Waals surface area contributed by atoms with Gasteiger partial charge in [0.05, 0.1) is 6.61 Å². The predicted octanol–water partition coefficient (Wildman–Crippen LogP) is 5.32. The Kier molecular flexibility index (Phi) is 5.64. The Balaban J connectivity index is 2.00. The summed E-state index contributed by atoms with van der Waals surface area (Å²) in [7, 11) is 0. The van der Waals surface area contributed by atoms with Crippen molar-refractivity contribution in [2.24, 2.45) is 0 Å². The SMILES string of the molecule is CCOc1ccc(C(C)NC(C)c2sccc2Br)cc1. The number of hydrogen-bond donors (Lipinski definition) is 1. The second-order valence-corrected chi connectivity index (χ2v) is 6.55. The maximum absolute atomic E-state index is 5.47. The van der Waals surface area contributed by atoms with E-state index in [9.17, 15) is 0 Å². The zero-order valence-electron chi connectivity index (χ0n) is 12.0. The standard InChI is InChI=1S/C16H20BrNOS/c1-4-19-14-7-5-13(6-8-14)11(2)18-12(3)16-15(17)9-10-20-16/h5-12,18H,4H2,1-3H3. The van der Waals surface area contributed by atoms with Crippen LogP contribution in [-0.4, -0.2) is 6.61 Å². The maximum Gasteiger partial charge on any atom is 0.119 e. The van der Waals surface area contributed by atoms with Crippen molar-refractivity contribution in [1.29, 1.82) is 0 Å². The molecule has 0 amide bonds. The average molecular weight is 354 g/mol. The molecule has 2 rings (SSSR count). The minimum Gasteiger partial charge on any atom is -0.494 e. The van der Waals surface area contributed by atoms with Crippen LogP contribution in [0.25, 0.3) is 0 Å². The van der Waals surface area contributed by atoms with Crippen molar-refractivity contribution in [3.63, 3.8) is 0 Å². The molecule has 0 saturated carbocycles. The van der Waals surface area contributed by atoms with Crippen LogP contribution >= 0.6 is 27.3 Å². The molecule has 108 valence electrons. The van der Waals surface area contributed by atoms with Crippen LogP contribution in [0.1, 0.15) is 43.3 Å². The van der Waals surface area contributed by atoms with Gasteiger partial charge in [0.1, 0.15) is 5.75 Å². The number of thiophene rings is 1. The van der Waals surface area contributed by atoms with E-state index in [1.165, 1.54) is 14.9 Å².